The quantitative estimate of drug-likeness (QED) is 0.218. The van der Waals surface area contributed by atoms with Gasteiger partial charge in [-0.1, -0.05) is 29.4 Å². The molecule has 0 aliphatic rings. The molecule has 0 saturated carbocycles. The Kier molecular flexibility index (Phi) is 4.75. The van der Waals surface area contributed by atoms with Crippen LogP contribution in [0.2, 0.25) is 0 Å². The Morgan fingerprint density at radius 2 is 1.70 bits per heavy atom. The van der Waals surface area contributed by atoms with Gasteiger partial charge in [0.25, 0.3) is 5.69 Å². The number of benzene rings is 2. The van der Waals surface area contributed by atoms with Crippen molar-refractivity contribution in [3.63, 3.8) is 0 Å². The Morgan fingerprint density at radius 3 is 2.13 bits per heavy atom. The lowest BCUT2D eigenvalue weighted by atomic mass is 10.0. The van der Waals surface area contributed by atoms with Crippen molar-refractivity contribution in [1.29, 1.82) is 0 Å². The molecule has 2 aromatic rings. The predicted molar refractivity (Wildman–Crippen MR) is 79.3 cm³/mol. The first-order chi connectivity index (χ1) is 11.0. The minimum Gasteiger partial charge on any atom is -0.450 e. The van der Waals surface area contributed by atoms with Crippen molar-refractivity contribution in [2.45, 2.75) is 6.10 Å². The zero-order chi connectivity index (χ0) is 16.8. The van der Waals surface area contributed by atoms with Gasteiger partial charge in [0.1, 0.15) is 0 Å². The van der Waals surface area contributed by atoms with E-state index in [9.17, 15) is 14.9 Å². The van der Waals surface area contributed by atoms with Crippen molar-refractivity contribution in [3.05, 3.63) is 80.2 Å². The third-order valence-electron chi connectivity index (χ3n) is 2.98. The van der Waals surface area contributed by atoms with Gasteiger partial charge < -0.3 is 9.84 Å². The molecule has 1 unspecified atom stereocenters. The Balaban J connectivity index is 2.37. The molecule has 0 aliphatic carbocycles. The second kappa shape index (κ2) is 6.92. The van der Waals surface area contributed by atoms with Crippen LogP contribution in [-0.2, 0) is 4.74 Å². The summed E-state index contributed by atoms with van der Waals surface area (Å²) in [5.41, 5.74) is 9.56. The van der Waals surface area contributed by atoms with Gasteiger partial charge in [0.15, 0.2) is 6.10 Å². The molecule has 2 aromatic carbocycles. The first-order valence-electron chi connectivity index (χ1n) is 6.30. The van der Waals surface area contributed by atoms with Crippen molar-refractivity contribution in [3.8, 4) is 0 Å². The number of carbonyl (C=O) groups is 1. The van der Waals surface area contributed by atoms with Crippen LogP contribution in [0.15, 0.2) is 53.6 Å². The second-order valence-corrected chi connectivity index (χ2v) is 4.39. The van der Waals surface area contributed by atoms with E-state index in [4.69, 9.17) is 15.4 Å². The minimum atomic E-state index is -1.48. The first-order valence-corrected chi connectivity index (χ1v) is 6.30. The highest BCUT2D eigenvalue weighted by molar-refractivity contribution is 5.58. The van der Waals surface area contributed by atoms with Crippen LogP contribution in [0.5, 0.6) is 0 Å². The zero-order valence-electron chi connectivity index (χ0n) is 11.6. The Hall–Kier alpha value is -3.58. The van der Waals surface area contributed by atoms with Crippen LogP contribution in [0.3, 0.4) is 0 Å². The van der Waals surface area contributed by atoms with Gasteiger partial charge in [-0.05, 0) is 28.8 Å². The van der Waals surface area contributed by atoms with E-state index in [0.29, 0.717) is 16.8 Å². The van der Waals surface area contributed by atoms with Gasteiger partial charge in [-0.3, -0.25) is 10.1 Å². The normalized spacial score (nSPS) is 11.1. The lowest BCUT2D eigenvalue weighted by Gasteiger charge is -2.17. The van der Waals surface area contributed by atoms with E-state index in [1.165, 1.54) is 36.4 Å². The van der Waals surface area contributed by atoms with Gasteiger partial charge in [-0.25, -0.2) is 4.79 Å². The maximum atomic E-state index is 10.9. The van der Waals surface area contributed by atoms with Gasteiger partial charge in [0, 0.05) is 22.7 Å². The van der Waals surface area contributed by atoms with E-state index in [0.717, 1.165) is 0 Å². The molecule has 0 bridgehead atoms. The summed E-state index contributed by atoms with van der Waals surface area (Å²) >= 11 is 0. The molecular weight excluding hydrogens is 304 g/mol. The lowest BCUT2D eigenvalue weighted by molar-refractivity contribution is -0.384. The van der Waals surface area contributed by atoms with E-state index < -0.39 is 17.2 Å². The molecule has 0 heterocycles. The topological polar surface area (TPSA) is 138 Å². The molecule has 9 heteroatoms. The predicted octanol–water partition coefficient (Wildman–Crippen LogP) is 4.32. The number of nitrogens with zero attached hydrogens (tertiary/aromatic N) is 4. The number of hydrogen-bond donors (Lipinski definition) is 1. The molecule has 0 fully saturated rings. The van der Waals surface area contributed by atoms with Gasteiger partial charge in [-0.15, -0.1) is 0 Å². The third-order valence-corrected chi connectivity index (χ3v) is 2.98. The molecule has 0 aromatic heterocycles. The van der Waals surface area contributed by atoms with Crippen LogP contribution in [0, 0.1) is 10.1 Å². The molecule has 0 radical (unpaired) electrons. The van der Waals surface area contributed by atoms with Crippen LogP contribution in [-0.4, -0.2) is 16.2 Å². The highest BCUT2D eigenvalue weighted by Crippen LogP contribution is 2.29. The smallest absolute Gasteiger partial charge is 0.450 e. The van der Waals surface area contributed by atoms with E-state index in [1.54, 1.807) is 12.1 Å². The molecule has 116 valence electrons. The minimum absolute atomic E-state index is 0.110. The summed E-state index contributed by atoms with van der Waals surface area (Å²) in [6.45, 7) is 0. The zero-order valence-corrected chi connectivity index (χ0v) is 11.6. The standard InChI is InChI=1S/C14H10N4O5/c15-17-16-11-5-1-9(2-6-11)13(23-14(19)20)10-3-7-12(8-4-10)18(21)22/h1-8,13H,(H,19,20). The van der Waals surface area contributed by atoms with Crippen LogP contribution in [0.1, 0.15) is 17.2 Å². The number of hydrogen-bond acceptors (Lipinski definition) is 5. The second-order valence-electron chi connectivity index (χ2n) is 4.39. The van der Waals surface area contributed by atoms with Gasteiger partial charge in [0.05, 0.1) is 4.92 Å². The summed E-state index contributed by atoms with van der Waals surface area (Å²) in [4.78, 5) is 23.7. The van der Waals surface area contributed by atoms with Gasteiger partial charge in [-0.2, -0.15) is 0 Å². The van der Waals surface area contributed by atoms with Crippen LogP contribution in [0.25, 0.3) is 10.4 Å². The summed E-state index contributed by atoms with van der Waals surface area (Å²) in [6, 6.07) is 11.5. The van der Waals surface area contributed by atoms with Crippen LogP contribution in [0.4, 0.5) is 16.2 Å². The largest absolute Gasteiger partial charge is 0.506 e. The molecule has 0 spiro atoms. The van der Waals surface area contributed by atoms with Gasteiger partial charge in [0.2, 0.25) is 0 Å². The highest BCUT2D eigenvalue weighted by Gasteiger charge is 2.19. The van der Waals surface area contributed by atoms with Gasteiger partial charge >= 0.3 is 6.16 Å². The number of nitro benzene ring substituents is 1. The molecule has 0 amide bonds. The van der Waals surface area contributed by atoms with Crippen LogP contribution < -0.4 is 0 Å². The highest BCUT2D eigenvalue weighted by atomic mass is 16.7. The molecule has 2 rings (SSSR count). The maximum Gasteiger partial charge on any atom is 0.506 e. The molecule has 1 N–H and O–H groups in total. The fourth-order valence-corrected chi connectivity index (χ4v) is 1.97. The summed E-state index contributed by atoms with van der Waals surface area (Å²) in [6.07, 6.45) is -2.43. The van der Waals surface area contributed by atoms with Crippen molar-refractivity contribution >= 4 is 17.5 Å². The van der Waals surface area contributed by atoms with Crippen molar-refractivity contribution < 1.29 is 19.6 Å². The van der Waals surface area contributed by atoms with E-state index in [1.807, 2.05) is 0 Å². The molecule has 1 atom stereocenters. The molecule has 0 aliphatic heterocycles. The summed E-state index contributed by atoms with van der Waals surface area (Å²) in [7, 11) is 0. The summed E-state index contributed by atoms with van der Waals surface area (Å²) < 4.78 is 4.87. The summed E-state index contributed by atoms with van der Waals surface area (Å²) in [5, 5.41) is 23.0. The lowest BCUT2D eigenvalue weighted by Crippen LogP contribution is -2.10. The van der Waals surface area contributed by atoms with E-state index in [2.05, 4.69) is 10.0 Å². The SMILES string of the molecule is [N-]=[N+]=Nc1ccc(C(OC(=O)O)c2ccc([N+](=O)[O-])cc2)cc1. The summed E-state index contributed by atoms with van der Waals surface area (Å²) in [5.74, 6) is 0. The molecular formula is C14H10N4O5. The number of carboxylic acid groups (broad SMARTS) is 1. The van der Waals surface area contributed by atoms with Crippen molar-refractivity contribution in [2.24, 2.45) is 5.11 Å². The maximum absolute atomic E-state index is 10.9. The molecule has 0 saturated heterocycles. The number of non-ortho nitro benzene ring substituents is 1. The van der Waals surface area contributed by atoms with E-state index in [-0.39, 0.29) is 5.69 Å². The molecule has 23 heavy (non-hydrogen) atoms. The Bertz CT molecular complexity index is 721. The number of azide groups is 1. The van der Waals surface area contributed by atoms with Crippen molar-refractivity contribution in [2.75, 3.05) is 0 Å². The molecule has 9 nitrogen and oxygen atoms in total. The Morgan fingerprint density at radius 1 is 1.17 bits per heavy atom. The van der Waals surface area contributed by atoms with E-state index >= 15 is 0 Å². The number of ether oxygens (including phenoxy) is 1. The average Bonchev–Trinajstić information content (AvgIpc) is 2.54. The monoisotopic (exact) mass is 314 g/mol. The van der Waals surface area contributed by atoms with Crippen LogP contribution >= 0.6 is 0 Å². The Labute approximate surface area is 129 Å². The third kappa shape index (κ3) is 3.96. The number of nitro groups is 1. The van der Waals surface area contributed by atoms with Crippen molar-refractivity contribution in [1.82, 2.24) is 0 Å². The average molecular weight is 314 g/mol. The first kappa shape index (κ1) is 15.8. The number of rotatable bonds is 5. The fraction of sp³-hybridized carbons (Fsp3) is 0.0714. The fourth-order valence-electron chi connectivity index (χ4n) is 1.97.